The predicted molar refractivity (Wildman–Crippen MR) is 54.5 cm³/mol. The fourth-order valence-electron chi connectivity index (χ4n) is 1.50. The van der Waals surface area contributed by atoms with Crippen LogP contribution in [0.5, 0.6) is 5.75 Å². The van der Waals surface area contributed by atoms with Crippen LogP contribution in [0, 0.1) is 5.92 Å². The third kappa shape index (κ3) is 1.45. The molecule has 2 rings (SSSR count). The zero-order valence-electron chi connectivity index (χ0n) is 8.12. The van der Waals surface area contributed by atoms with E-state index in [2.05, 4.69) is 0 Å². The second kappa shape index (κ2) is 3.33. The fourth-order valence-corrected chi connectivity index (χ4v) is 1.50. The molecule has 1 aromatic carbocycles. The Labute approximate surface area is 82.9 Å². The summed E-state index contributed by atoms with van der Waals surface area (Å²) < 4.78 is 5.06. The van der Waals surface area contributed by atoms with Crippen LogP contribution in [0.15, 0.2) is 18.2 Å². The van der Waals surface area contributed by atoms with Crippen molar-refractivity contribution in [1.82, 2.24) is 0 Å². The van der Waals surface area contributed by atoms with E-state index in [1.165, 1.54) is 0 Å². The zero-order valence-corrected chi connectivity index (χ0v) is 8.12. The highest BCUT2D eigenvalue weighted by molar-refractivity contribution is 6.04. The van der Waals surface area contributed by atoms with Crippen molar-refractivity contribution in [3.8, 4) is 5.75 Å². The minimum Gasteiger partial charge on any atom is -0.495 e. The molecule has 0 saturated heterocycles. The zero-order chi connectivity index (χ0) is 10.1. The van der Waals surface area contributed by atoms with Crippen LogP contribution in [-0.2, 0) is 0 Å². The molecule has 0 unspecified atom stereocenters. The number of benzene rings is 1. The highest BCUT2D eigenvalue weighted by atomic mass is 16.5. The van der Waals surface area contributed by atoms with Crippen LogP contribution >= 0.6 is 0 Å². The third-order valence-electron chi connectivity index (χ3n) is 2.50. The van der Waals surface area contributed by atoms with Crippen molar-refractivity contribution in [3.63, 3.8) is 0 Å². The number of nitrogen functional groups attached to an aromatic ring is 1. The number of methoxy groups -OCH3 is 1. The summed E-state index contributed by atoms with van der Waals surface area (Å²) in [7, 11) is 1.55. The maximum atomic E-state index is 11.8. The van der Waals surface area contributed by atoms with E-state index < -0.39 is 0 Å². The van der Waals surface area contributed by atoms with E-state index in [1.807, 2.05) is 0 Å². The molecule has 3 nitrogen and oxygen atoms in total. The van der Waals surface area contributed by atoms with Gasteiger partial charge in [-0.1, -0.05) is 6.07 Å². The number of para-hydroxylation sites is 1. The highest BCUT2D eigenvalue weighted by Gasteiger charge is 2.31. The summed E-state index contributed by atoms with van der Waals surface area (Å²) in [5, 5.41) is 0. The SMILES string of the molecule is COc1cccc(C(=O)C2CC2)c1N. The minimum absolute atomic E-state index is 0.154. The van der Waals surface area contributed by atoms with Crippen molar-refractivity contribution in [2.75, 3.05) is 12.8 Å². The first-order valence-electron chi connectivity index (χ1n) is 4.70. The molecule has 74 valence electrons. The van der Waals surface area contributed by atoms with Crippen LogP contribution in [-0.4, -0.2) is 12.9 Å². The minimum atomic E-state index is 0.154. The van der Waals surface area contributed by atoms with Gasteiger partial charge in [-0.25, -0.2) is 0 Å². The molecule has 0 amide bonds. The Hall–Kier alpha value is -1.51. The third-order valence-corrected chi connectivity index (χ3v) is 2.50. The largest absolute Gasteiger partial charge is 0.495 e. The molecule has 1 fully saturated rings. The van der Waals surface area contributed by atoms with Gasteiger partial charge in [-0.05, 0) is 25.0 Å². The second-order valence-corrected chi connectivity index (χ2v) is 3.56. The summed E-state index contributed by atoms with van der Waals surface area (Å²) in [6.45, 7) is 0. The summed E-state index contributed by atoms with van der Waals surface area (Å²) >= 11 is 0. The van der Waals surface area contributed by atoms with Crippen molar-refractivity contribution in [1.29, 1.82) is 0 Å². The van der Waals surface area contributed by atoms with Crippen LogP contribution in [0.2, 0.25) is 0 Å². The fraction of sp³-hybridized carbons (Fsp3) is 0.364. The molecule has 0 atom stereocenters. The van der Waals surface area contributed by atoms with E-state index in [1.54, 1.807) is 25.3 Å². The summed E-state index contributed by atoms with van der Waals surface area (Å²) in [6.07, 6.45) is 1.99. The van der Waals surface area contributed by atoms with E-state index in [0.29, 0.717) is 17.0 Å². The number of ketones is 1. The number of hydrogen-bond acceptors (Lipinski definition) is 3. The molecule has 0 radical (unpaired) electrons. The molecule has 1 aliphatic rings. The topological polar surface area (TPSA) is 52.3 Å². The Bertz CT molecular complexity index is 370. The number of nitrogens with two attached hydrogens (primary N) is 1. The van der Waals surface area contributed by atoms with Gasteiger partial charge < -0.3 is 10.5 Å². The molecule has 0 bridgehead atoms. The average molecular weight is 191 g/mol. The van der Waals surface area contributed by atoms with Gasteiger partial charge in [0, 0.05) is 11.5 Å². The Morgan fingerprint density at radius 3 is 2.79 bits per heavy atom. The summed E-state index contributed by atoms with van der Waals surface area (Å²) in [6, 6.07) is 5.32. The number of rotatable bonds is 3. The van der Waals surface area contributed by atoms with Crippen LogP contribution in [0.1, 0.15) is 23.2 Å². The predicted octanol–water partition coefficient (Wildman–Crippen LogP) is 1.87. The van der Waals surface area contributed by atoms with Crippen LogP contribution in [0.4, 0.5) is 5.69 Å². The smallest absolute Gasteiger partial charge is 0.168 e. The van der Waals surface area contributed by atoms with E-state index >= 15 is 0 Å². The van der Waals surface area contributed by atoms with Gasteiger partial charge >= 0.3 is 0 Å². The average Bonchev–Trinajstić information content (AvgIpc) is 3.00. The normalized spacial score (nSPS) is 15.2. The van der Waals surface area contributed by atoms with E-state index in [4.69, 9.17) is 10.5 Å². The van der Waals surface area contributed by atoms with Crippen molar-refractivity contribution in [2.24, 2.45) is 5.92 Å². The van der Waals surface area contributed by atoms with Crippen molar-refractivity contribution in [3.05, 3.63) is 23.8 Å². The molecule has 1 saturated carbocycles. The number of anilines is 1. The molecule has 2 N–H and O–H groups in total. The van der Waals surface area contributed by atoms with Crippen LogP contribution < -0.4 is 10.5 Å². The summed E-state index contributed by atoms with van der Waals surface area (Å²) in [5.41, 5.74) is 6.88. The lowest BCUT2D eigenvalue weighted by Gasteiger charge is -2.08. The van der Waals surface area contributed by atoms with Gasteiger partial charge in [0.05, 0.1) is 12.8 Å². The van der Waals surface area contributed by atoms with Gasteiger partial charge in [-0.15, -0.1) is 0 Å². The van der Waals surface area contributed by atoms with Crippen molar-refractivity contribution >= 4 is 11.5 Å². The standard InChI is InChI=1S/C11H13NO2/c1-14-9-4-2-3-8(10(9)12)11(13)7-5-6-7/h2-4,7H,5-6,12H2,1H3. The summed E-state index contributed by atoms with van der Waals surface area (Å²) in [5.74, 6) is 0.933. The molecule has 0 heterocycles. The quantitative estimate of drug-likeness (QED) is 0.586. The first kappa shape index (κ1) is 9.06. The number of carbonyl (C=O) groups is 1. The van der Waals surface area contributed by atoms with Gasteiger partial charge in [-0.3, -0.25) is 4.79 Å². The lowest BCUT2D eigenvalue weighted by atomic mass is 10.0. The molecule has 3 heteroatoms. The maximum absolute atomic E-state index is 11.8. The van der Waals surface area contributed by atoms with E-state index in [0.717, 1.165) is 12.8 Å². The van der Waals surface area contributed by atoms with Gasteiger partial charge in [0.25, 0.3) is 0 Å². The Balaban J connectivity index is 2.36. The first-order valence-corrected chi connectivity index (χ1v) is 4.70. The molecule has 1 aliphatic carbocycles. The van der Waals surface area contributed by atoms with Gasteiger partial charge in [0.15, 0.2) is 5.78 Å². The Morgan fingerprint density at radius 1 is 1.50 bits per heavy atom. The molecule has 1 aromatic rings. The lowest BCUT2D eigenvalue weighted by Crippen LogP contribution is -2.06. The monoisotopic (exact) mass is 191 g/mol. The molecule has 14 heavy (non-hydrogen) atoms. The van der Waals surface area contributed by atoms with Crippen LogP contribution in [0.3, 0.4) is 0 Å². The molecule has 0 aromatic heterocycles. The van der Waals surface area contributed by atoms with Gasteiger partial charge in [-0.2, -0.15) is 0 Å². The van der Waals surface area contributed by atoms with E-state index in [-0.39, 0.29) is 11.7 Å². The number of carbonyl (C=O) groups excluding carboxylic acids is 1. The van der Waals surface area contributed by atoms with Gasteiger partial charge in [0.2, 0.25) is 0 Å². The number of Topliss-reactive ketones (excluding diaryl/α,β-unsaturated/α-hetero) is 1. The molecule has 0 spiro atoms. The Morgan fingerprint density at radius 2 is 2.21 bits per heavy atom. The molecular formula is C11H13NO2. The number of hydrogen-bond donors (Lipinski definition) is 1. The lowest BCUT2D eigenvalue weighted by molar-refractivity contribution is 0.0968. The Kier molecular flexibility index (Phi) is 2.15. The second-order valence-electron chi connectivity index (χ2n) is 3.56. The van der Waals surface area contributed by atoms with Crippen molar-refractivity contribution < 1.29 is 9.53 Å². The maximum Gasteiger partial charge on any atom is 0.168 e. The number of ether oxygens (including phenoxy) is 1. The summed E-state index contributed by atoms with van der Waals surface area (Å²) in [4.78, 5) is 11.8. The molecule has 0 aliphatic heterocycles. The highest BCUT2D eigenvalue weighted by Crippen LogP contribution is 2.36. The molecular weight excluding hydrogens is 178 g/mol. The first-order chi connectivity index (χ1) is 6.74. The van der Waals surface area contributed by atoms with Gasteiger partial charge in [0.1, 0.15) is 5.75 Å². The van der Waals surface area contributed by atoms with E-state index in [9.17, 15) is 4.79 Å². The van der Waals surface area contributed by atoms with Crippen LogP contribution in [0.25, 0.3) is 0 Å². The van der Waals surface area contributed by atoms with Crippen molar-refractivity contribution in [2.45, 2.75) is 12.8 Å².